The standard InChI is InChI=1S/C19H18N2O2/c1-12-8-9-17(23-3)14(10-12)11-16-19(22)21-18(20-16)15-7-5-4-6-13(15)2/h4-11H,1-3H3,(H,20,21,22)/b16-11+. The summed E-state index contributed by atoms with van der Waals surface area (Å²) in [6.07, 6.45) is 1.76. The molecule has 1 aliphatic rings. The highest BCUT2D eigenvalue weighted by molar-refractivity contribution is 6.20. The van der Waals surface area contributed by atoms with Crippen LogP contribution in [0.3, 0.4) is 0 Å². The van der Waals surface area contributed by atoms with Crippen LogP contribution in [-0.2, 0) is 4.79 Å². The molecule has 0 atom stereocenters. The Morgan fingerprint density at radius 3 is 2.65 bits per heavy atom. The van der Waals surface area contributed by atoms with E-state index in [0.717, 1.165) is 28.0 Å². The van der Waals surface area contributed by atoms with Gasteiger partial charge in [0.25, 0.3) is 5.91 Å². The summed E-state index contributed by atoms with van der Waals surface area (Å²) in [7, 11) is 1.61. The van der Waals surface area contributed by atoms with Crippen LogP contribution in [0.5, 0.6) is 5.75 Å². The first-order valence-corrected chi connectivity index (χ1v) is 7.41. The van der Waals surface area contributed by atoms with Gasteiger partial charge in [-0.25, -0.2) is 4.99 Å². The van der Waals surface area contributed by atoms with Crippen molar-refractivity contribution >= 4 is 17.8 Å². The van der Waals surface area contributed by atoms with Crippen molar-refractivity contribution < 1.29 is 9.53 Å². The van der Waals surface area contributed by atoms with Gasteiger partial charge in [-0.05, 0) is 37.6 Å². The van der Waals surface area contributed by atoms with Gasteiger partial charge in [-0.15, -0.1) is 0 Å². The van der Waals surface area contributed by atoms with Crippen molar-refractivity contribution in [2.45, 2.75) is 13.8 Å². The van der Waals surface area contributed by atoms with Gasteiger partial charge in [0.2, 0.25) is 0 Å². The van der Waals surface area contributed by atoms with Crippen molar-refractivity contribution in [2.24, 2.45) is 4.99 Å². The number of aryl methyl sites for hydroxylation is 2. The molecule has 1 heterocycles. The van der Waals surface area contributed by atoms with Crippen LogP contribution in [0.15, 0.2) is 53.2 Å². The summed E-state index contributed by atoms with van der Waals surface area (Å²) < 4.78 is 5.35. The zero-order valence-electron chi connectivity index (χ0n) is 13.4. The van der Waals surface area contributed by atoms with E-state index < -0.39 is 0 Å². The lowest BCUT2D eigenvalue weighted by atomic mass is 10.1. The molecule has 116 valence electrons. The van der Waals surface area contributed by atoms with Gasteiger partial charge in [0.1, 0.15) is 17.3 Å². The first-order chi connectivity index (χ1) is 11.1. The topological polar surface area (TPSA) is 50.7 Å². The van der Waals surface area contributed by atoms with Gasteiger partial charge in [0.15, 0.2) is 0 Å². The Bertz CT molecular complexity index is 835. The van der Waals surface area contributed by atoms with Crippen LogP contribution < -0.4 is 10.1 Å². The monoisotopic (exact) mass is 306 g/mol. The molecular formula is C19H18N2O2. The average molecular weight is 306 g/mol. The van der Waals surface area contributed by atoms with Gasteiger partial charge in [0, 0.05) is 11.1 Å². The van der Waals surface area contributed by atoms with E-state index in [1.54, 1.807) is 13.2 Å². The molecule has 0 radical (unpaired) electrons. The number of hydrogen-bond donors (Lipinski definition) is 1. The number of carbonyl (C=O) groups excluding carboxylic acids is 1. The van der Waals surface area contributed by atoms with Gasteiger partial charge < -0.3 is 10.1 Å². The number of hydrogen-bond acceptors (Lipinski definition) is 3. The van der Waals surface area contributed by atoms with Crippen LogP contribution in [-0.4, -0.2) is 18.9 Å². The number of amidine groups is 1. The molecule has 4 nitrogen and oxygen atoms in total. The Balaban J connectivity index is 2.02. The molecule has 0 aromatic heterocycles. The number of carbonyl (C=O) groups is 1. The Morgan fingerprint density at radius 1 is 1.13 bits per heavy atom. The third-order valence-electron chi connectivity index (χ3n) is 3.77. The first-order valence-electron chi connectivity index (χ1n) is 7.41. The largest absolute Gasteiger partial charge is 0.496 e. The number of amides is 1. The second-order valence-electron chi connectivity index (χ2n) is 5.50. The molecule has 1 amide bonds. The van der Waals surface area contributed by atoms with E-state index in [1.807, 2.05) is 56.3 Å². The Hall–Kier alpha value is -2.88. The third kappa shape index (κ3) is 3.01. The average Bonchev–Trinajstić information content (AvgIpc) is 2.89. The molecule has 0 fully saturated rings. The quantitative estimate of drug-likeness (QED) is 0.885. The maximum absolute atomic E-state index is 12.2. The molecule has 0 bridgehead atoms. The summed E-state index contributed by atoms with van der Waals surface area (Å²) >= 11 is 0. The van der Waals surface area contributed by atoms with Gasteiger partial charge in [0.05, 0.1) is 7.11 Å². The van der Waals surface area contributed by atoms with E-state index in [1.165, 1.54) is 0 Å². The summed E-state index contributed by atoms with van der Waals surface area (Å²) in [6, 6.07) is 13.7. The number of nitrogens with one attached hydrogen (secondary N) is 1. The van der Waals surface area contributed by atoms with Crippen LogP contribution >= 0.6 is 0 Å². The van der Waals surface area contributed by atoms with Crippen LogP contribution in [0.2, 0.25) is 0 Å². The number of benzene rings is 2. The summed E-state index contributed by atoms with van der Waals surface area (Å²) in [4.78, 5) is 16.7. The van der Waals surface area contributed by atoms with Crippen molar-refractivity contribution in [3.05, 3.63) is 70.4 Å². The van der Waals surface area contributed by atoms with Crippen LogP contribution in [0, 0.1) is 13.8 Å². The lowest BCUT2D eigenvalue weighted by Crippen LogP contribution is -2.25. The molecule has 1 N–H and O–H groups in total. The lowest BCUT2D eigenvalue weighted by Gasteiger charge is -2.05. The Morgan fingerprint density at radius 2 is 1.91 bits per heavy atom. The highest BCUT2D eigenvalue weighted by atomic mass is 16.5. The molecule has 2 aromatic carbocycles. The van der Waals surface area contributed by atoms with Crippen molar-refractivity contribution in [3.63, 3.8) is 0 Å². The molecule has 1 aliphatic heterocycles. The van der Waals surface area contributed by atoms with Crippen molar-refractivity contribution in [2.75, 3.05) is 7.11 Å². The van der Waals surface area contributed by atoms with E-state index in [9.17, 15) is 4.79 Å². The molecular weight excluding hydrogens is 288 g/mol. The molecule has 23 heavy (non-hydrogen) atoms. The van der Waals surface area contributed by atoms with Gasteiger partial charge in [-0.1, -0.05) is 35.9 Å². The number of ether oxygens (including phenoxy) is 1. The number of rotatable bonds is 3. The third-order valence-corrected chi connectivity index (χ3v) is 3.77. The minimum atomic E-state index is -0.202. The molecule has 3 rings (SSSR count). The van der Waals surface area contributed by atoms with E-state index in [0.29, 0.717) is 11.5 Å². The van der Waals surface area contributed by atoms with Gasteiger partial charge in [-0.3, -0.25) is 4.79 Å². The smallest absolute Gasteiger partial charge is 0.275 e. The second-order valence-corrected chi connectivity index (χ2v) is 5.50. The van der Waals surface area contributed by atoms with E-state index in [2.05, 4.69) is 10.3 Å². The number of aliphatic imine (C=N–C) groups is 1. The van der Waals surface area contributed by atoms with E-state index >= 15 is 0 Å². The van der Waals surface area contributed by atoms with E-state index in [4.69, 9.17) is 4.74 Å². The summed E-state index contributed by atoms with van der Waals surface area (Å²) in [6.45, 7) is 3.99. The molecule has 0 saturated carbocycles. The summed E-state index contributed by atoms with van der Waals surface area (Å²) in [5.74, 6) is 1.10. The molecule has 0 unspecified atom stereocenters. The van der Waals surface area contributed by atoms with Crippen LogP contribution in [0.4, 0.5) is 0 Å². The maximum Gasteiger partial charge on any atom is 0.275 e. The minimum absolute atomic E-state index is 0.202. The minimum Gasteiger partial charge on any atom is -0.496 e. The predicted octanol–water partition coefficient (Wildman–Crippen LogP) is 3.23. The fraction of sp³-hybridized carbons (Fsp3) is 0.158. The van der Waals surface area contributed by atoms with Gasteiger partial charge in [-0.2, -0.15) is 0 Å². The van der Waals surface area contributed by atoms with Gasteiger partial charge >= 0.3 is 0 Å². The van der Waals surface area contributed by atoms with Crippen molar-refractivity contribution in [3.8, 4) is 5.75 Å². The Labute approximate surface area is 135 Å². The molecule has 4 heteroatoms. The molecule has 2 aromatic rings. The predicted molar refractivity (Wildman–Crippen MR) is 91.6 cm³/mol. The fourth-order valence-electron chi connectivity index (χ4n) is 2.55. The SMILES string of the molecule is COc1ccc(C)cc1/C=C1/N=C(c2ccccc2C)NC1=O. The number of methoxy groups -OCH3 is 1. The Kier molecular flexibility index (Phi) is 3.98. The van der Waals surface area contributed by atoms with Crippen LogP contribution in [0.1, 0.15) is 22.3 Å². The molecule has 0 saturated heterocycles. The lowest BCUT2D eigenvalue weighted by molar-refractivity contribution is -0.115. The maximum atomic E-state index is 12.2. The molecule has 0 aliphatic carbocycles. The first kappa shape index (κ1) is 15.0. The highest BCUT2D eigenvalue weighted by Gasteiger charge is 2.22. The zero-order chi connectivity index (χ0) is 16.4. The summed E-state index contributed by atoms with van der Waals surface area (Å²) in [5, 5.41) is 2.84. The van der Waals surface area contributed by atoms with E-state index in [-0.39, 0.29) is 5.91 Å². The zero-order valence-corrected chi connectivity index (χ0v) is 13.4. The fourth-order valence-corrected chi connectivity index (χ4v) is 2.55. The van der Waals surface area contributed by atoms with Crippen LogP contribution in [0.25, 0.3) is 6.08 Å². The molecule has 0 spiro atoms. The highest BCUT2D eigenvalue weighted by Crippen LogP contribution is 2.24. The van der Waals surface area contributed by atoms with Crippen molar-refractivity contribution in [1.29, 1.82) is 0 Å². The second kappa shape index (κ2) is 6.08. The number of nitrogens with zero attached hydrogens (tertiary/aromatic N) is 1. The normalized spacial score (nSPS) is 15.5. The van der Waals surface area contributed by atoms with Crippen molar-refractivity contribution in [1.82, 2.24) is 5.32 Å². The summed E-state index contributed by atoms with van der Waals surface area (Å²) in [5.41, 5.74) is 4.32.